The third-order valence-electron chi connectivity index (χ3n) is 3.65. The van der Waals surface area contributed by atoms with Crippen LogP contribution < -0.4 is 4.90 Å². The monoisotopic (exact) mass is 304 g/mol. The van der Waals surface area contributed by atoms with E-state index in [1.807, 2.05) is 30.3 Å². The second kappa shape index (κ2) is 7.63. The first-order chi connectivity index (χ1) is 10.5. The Kier molecular flexibility index (Phi) is 5.83. The molecule has 0 radical (unpaired) electrons. The number of para-hydroxylation sites is 1. The van der Waals surface area contributed by atoms with Crippen LogP contribution in [-0.4, -0.2) is 43.3 Å². The van der Waals surface area contributed by atoms with E-state index in [2.05, 4.69) is 32.6 Å². The maximum absolute atomic E-state index is 12.1. The SMILES string of the molecule is CC(C)CN(CC(C)C)CC1CN(c2ccccc2)C(=O)O1. The summed E-state index contributed by atoms with van der Waals surface area (Å²) in [4.78, 5) is 16.2. The average Bonchev–Trinajstić information content (AvgIpc) is 2.79. The van der Waals surface area contributed by atoms with Gasteiger partial charge in [-0.3, -0.25) is 9.80 Å². The molecular formula is C18H28N2O2. The van der Waals surface area contributed by atoms with E-state index in [-0.39, 0.29) is 12.2 Å². The zero-order chi connectivity index (χ0) is 16.1. The van der Waals surface area contributed by atoms with Crippen LogP contribution in [0.2, 0.25) is 0 Å². The lowest BCUT2D eigenvalue weighted by atomic mass is 10.1. The smallest absolute Gasteiger partial charge is 0.414 e. The van der Waals surface area contributed by atoms with Gasteiger partial charge < -0.3 is 4.74 Å². The van der Waals surface area contributed by atoms with Crippen molar-refractivity contribution in [1.82, 2.24) is 4.90 Å². The summed E-state index contributed by atoms with van der Waals surface area (Å²) in [6, 6.07) is 9.74. The van der Waals surface area contributed by atoms with Gasteiger partial charge in [-0.05, 0) is 24.0 Å². The second-order valence-electron chi connectivity index (χ2n) is 6.96. The molecule has 1 atom stereocenters. The molecule has 1 aliphatic rings. The zero-order valence-electron chi connectivity index (χ0n) is 14.2. The van der Waals surface area contributed by atoms with Crippen molar-refractivity contribution >= 4 is 11.8 Å². The molecule has 1 aromatic rings. The number of benzene rings is 1. The highest BCUT2D eigenvalue weighted by atomic mass is 16.6. The molecule has 1 heterocycles. The molecule has 1 aliphatic heterocycles. The van der Waals surface area contributed by atoms with Gasteiger partial charge >= 0.3 is 6.09 Å². The Morgan fingerprint density at radius 2 is 1.73 bits per heavy atom. The summed E-state index contributed by atoms with van der Waals surface area (Å²) in [5, 5.41) is 0. The van der Waals surface area contributed by atoms with E-state index in [9.17, 15) is 4.79 Å². The zero-order valence-corrected chi connectivity index (χ0v) is 14.2. The molecule has 0 N–H and O–H groups in total. The van der Waals surface area contributed by atoms with Crippen molar-refractivity contribution in [3.63, 3.8) is 0 Å². The van der Waals surface area contributed by atoms with Crippen molar-refractivity contribution in [3.8, 4) is 0 Å². The van der Waals surface area contributed by atoms with Gasteiger partial charge in [0.1, 0.15) is 6.10 Å². The van der Waals surface area contributed by atoms with E-state index >= 15 is 0 Å². The number of carbonyl (C=O) groups excluding carboxylic acids is 1. The van der Waals surface area contributed by atoms with Gasteiger partial charge in [0.15, 0.2) is 0 Å². The molecule has 2 rings (SSSR count). The van der Waals surface area contributed by atoms with Gasteiger partial charge in [0.25, 0.3) is 0 Å². The van der Waals surface area contributed by atoms with Crippen molar-refractivity contribution in [3.05, 3.63) is 30.3 Å². The van der Waals surface area contributed by atoms with Crippen LogP contribution in [0.5, 0.6) is 0 Å². The number of cyclic esters (lactones) is 1. The third kappa shape index (κ3) is 4.73. The highest BCUT2D eigenvalue weighted by molar-refractivity contribution is 5.89. The van der Waals surface area contributed by atoms with E-state index in [1.165, 1.54) is 0 Å². The van der Waals surface area contributed by atoms with E-state index in [1.54, 1.807) is 4.90 Å². The molecule has 22 heavy (non-hydrogen) atoms. The molecule has 1 aromatic carbocycles. The Bertz CT molecular complexity index is 463. The lowest BCUT2D eigenvalue weighted by molar-refractivity contribution is 0.0987. The van der Waals surface area contributed by atoms with E-state index < -0.39 is 0 Å². The van der Waals surface area contributed by atoms with Crippen molar-refractivity contribution in [2.45, 2.75) is 33.8 Å². The summed E-state index contributed by atoms with van der Waals surface area (Å²) in [5.41, 5.74) is 0.911. The quantitative estimate of drug-likeness (QED) is 0.771. The molecular weight excluding hydrogens is 276 g/mol. The Labute approximate surface area is 134 Å². The third-order valence-corrected chi connectivity index (χ3v) is 3.65. The average molecular weight is 304 g/mol. The fourth-order valence-corrected chi connectivity index (χ4v) is 2.98. The van der Waals surface area contributed by atoms with E-state index in [4.69, 9.17) is 4.74 Å². The van der Waals surface area contributed by atoms with Gasteiger partial charge in [0.05, 0.1) is 6.54 Å². The van der Waals surface area contributed by atoms with Gasteiger partial charge in [0, 0.05) is 25.3 Å². The van der Waals surface area contributed by atoms with Crippen molar-refractivity contribution in [1.29, 1.82) is 0 Å². The minimum absolute atomic E-state index is 0.0507. The van der Waals surface area contributed by atoms with Crippen LogP contribution in [0.15, 0.2) is 30.3 Å². The first-order valence-corrected chi connectivity index (χ1v) is 8.21. The maximum Gasteiger partial charge on any atom is 0.414 e. The molecule has 0 aliphatic carbocycles. The van der Waals surface area contributed by atoms with E-state index in [0.717, 1.165) is 25.3 Å². The standard InChI is InChI=1S/C18H28N2O2/c1-14(2)10-19(11-15(3)4)12-17-13-20(18(21)22-17)16-8-6-5-7-9-16/h5-9,14-15,17H,10-13H2,1-4H3. The van der Waals surface area contributed by atoms with Gasteiger partial charge in [-0.2, -0.15) is 0 Å². The van der Waals surface area contributed by atoms with Crippen molar-refractivity contribution in [2.24, 2.45) is 11.8 Å². The number of hydrogen-bond acceptors (Lipinski definition) is 3. The molecule has 4 heteroatoms. The van der Waals surface area contributed by atoms with Crippen LogP contribution >= 0.6 is 0 Å². The number of nitrogens with zero attached hydrogens (tertiary/aromatic N) is 2. The van der Waals surface area contributed by atoms with Crippen LogP contribution in [0.3, 0.4) is 0 Å². The highest BCUT2D eigenvalue weighted by Crippen LogP contribution is 2.22. The number of carbonyl (C=O) groups is 1. The van der Waals surface area contributed by atoms with Gasteiger partial charge in [0.2, 0.25) is 0 Å². The molecule has 0 spiro atoms. The highest BCUT2D eigenvalue weighted by Gasteiger charge is 2.33. The minimum atomic E-state index is -0.231. The summed E-state index contributed by atoms with van der Waals surface area (Å²) >= 11 is 0. The van der Waals surface area contributed by atoms with E-state index in [0.29, 0.717) is 18.4 Å². The molecule has 0 saturated carbocycles. The molecule has 0 bridgehead atoms. The normalized spacial score (nSPS) is 18.6. The molecule has 1 unspecified atom stereocenters. The topological polar surface area (TPSA) is 32.8 Å². The van der Waals surface area contributed by atoms with Gasteiger partial charge in [-0.25, -0.2) is 4.79 Å². The molecule has 1 amide bonds. The Morgan fingerprint density at radius 3 is 2.27 bits per heavy atom. The number of rotatable bonds is 7. The summed E-state index contributed by atoms with van der Waals surface area (Å²) in [6.45, 7) is 12.4. The number of hydrogen-bond donors (Lipinski definition) is 0. The van der Waals surface area contributed by atoms with Crippen molar-refractivity contribution in [2.75, 3.05) is 31.1 Å². The Hall–Kier alpha value is -1.55. The largest absolute Gasteiger partial charge is 0.443 e. The van der Waals surface area contributed by atoms with Gasteiger partial charge in [-0.15, -0.1) is 0 Å². The Morgan fingerprint density at radius 1 is 1.14 bits per heavy atom. The summed E-state index contributed by atoms with van der Waals surface area (Å²) in [7, 11) is 0. The maximum atomic E-state index is 12.1. The lowest BCUT2D eigenvalue weighted by Gasteiger charge is -2.27. The second-order valence-corrected chi connectivity index (χ2v) is 6.96. The van der Waals surface area contributed by atoms with Crippen LogP contribution in [-0.2, 0) is 4.74 Å². The molecule has 4 nitrogen and oxygen atoms in total. The number of ether oxygens (including phenoxy) is 1. The molecule has 1 fully saturated rings. The van der Waals surface area contributed by atoms with Crippen LogP contribution in [0.25, 0.3) is 0 Å². The fourth-order valence-electron chi connectivity index (χ4n) is 2.98. The summed E-state index contributed by atoms with van der Waals surface area (Å²) in [6.07, 6.45) is -0.282. The fraction of sp³-hybridized carbons (Fsp3) is 0.611. The first-order valence-electron chi connectivity index (χ1n) is 8.21. The molecule has 1 saturated heterocycles. The lowest BCUT2D eigenvalue weighted by Crippen LogP contribution is -2.39. The first kappa shape index (κ1) is 16.8. The predicted octanol–water partition coefficient (Wildman–Crippen LogP) is 3.63. The molecule has 122 valence electrons. The number of anilines is 1. The number of amides is 1. The predicted molar refractivity (Wildman–Crippen MR) is 90.2 cm³/mol. The summed E-state index contributed by atoms with van der Waals surface area (Å²) in [5.74, 6) is 1.22. The van der Waals surface area contributed by atoms with Crippen LogP contribution in [0.1, 0.15) is 27.7 Å². The van der Waals surface area contributed by atoms with Crippen molar-refractivity contribution < 1.29 is 9.53 Å². The Balaban J connectivity index is 1.97. The van der Waals surface area contributed by atoms with Crippen LogP contribution in [0, 0.1) is 11.8 Å². The minimum Gasteiger partial charge on any atom is -0.443 e. The molecule has 0 aromatic heterocycles. The van der Waals surface area contributed by atoms with Crippen LogP contribution in [0.4, 0.5) is 10.5 Å². The van der Waals surface area contributed by atoms with Gasteiger partial charge in [-0.1, -0.05) is 45.9 Å². The summed E-state index contributed by atoms with van der Waals surface area (Å²) < 4.78 is 5.57.